The molecule has 0 aliphatic carbocycles. The highest BCUT2D eigenvalue weighted by molar-refractivity contribution is 7.75. The molecular weight excluding hydrogens is 115 g/mol. The van der Waals surface area contributed by atoms with Crippen LogP contribution in [0, 0.1) is 0 Å². The molecule has 0 saturated heterocycles. The minimum Gasteiger partial charge on any atom is -0.0311 e. The molecule has 0 atom stereocenters. The molecule has 0 nitrogen and oxygen atoms in total. The van der Waals surface area contributed by atoms with Gasteiger partial charge in [0.15, 0.2) is 0 Å². The molecule has 0 aromatic carbocycles. The normalized spacial score (nSPS) is 12.0. The van der Waals surface area contributed by atoms with E-state index in [9.17, 15) is 0 Å². The van der Waals surface area contributed by atoms with Crippen molar-refractivity contribution in [1.82, 2.24) is 0 Å². The fourth-order valence-corrected chi connectivity index (χ4v) is 2.01. The first-order valence-electron chi connectivity index (χ1n) is 3.52. The van der Waals surface area contributed by atoms with E-state index in [4.69, 9.17) is 0 Å². The van der Waals surface area contributed by atoms with Gasteiger partial charge in [0.2, 0.25) is 0 Å². The summed E-state index contributed by atoms with van der Waals surface area (Å²) in [5.74, 6) is 0. The van der Waals surface area contributed by atoms with Crippen molar-refractivity contribution < 1.29 is 1.43 Å². The Labute approximate surface area is 55.5 Å². The maximum Gasteiger partial charge on any atom is 1.00 e. The zero-order valence-corrected chi connectivity index (χ0v) is 7.46. The van der Waals surface area contributed by atoms with Gasteiger partial charge in [-0.1, -0.05) is 0 Å². The highest BCUT2D eigenvalue weighted by atomic mass is 31.2. The first kappa shape index (κ1) is 8.43. The van der Waals surface area contributed by atoms with Crippen LogP contribution in [-0.4, -0.2) is 25.2 Å². The summed E-state index contributed by atoms with van der Waals surface area (Å²) in [4.78, 5) is 0. The maximum atomic E-state index is 2.47. The highest BCUT2D eigenvalue weighted by Gasteiger charge is 2.22. The van der Waals surface area contributed by atoms with E-state index >= 15 is 0 Å². The molecule has 0 heterocycles. The van der Waals surface area contributed by atoms with E-state index in [1.807, 2.05) is 0 Å². The molecule has 0 rings (SSSR count). The molecule has 1 heteroatoms. The van der Waals surface area contributed by atoms with Crippen LogP contribution >= 0.6 is 7.26 Å². The number of rotatable bonds is 3. The van der Waals surface area contributed by atoms with Gasteiger partial charge >= 0.3 is 1.43 Å². The molecule has 0 saturated carbocycles. The smallest absolute Gasteiger partial charge is 0.0311 e. The predicted molar refractivity (Wildman–Crippen MR) is 45.6 cm³/mol. The van der Waals surface area contributed by atoms with Crippen LogP contribution in [0.15, 0.2) is 0 Å². The van der Waals surface area contributed by atoms with E-state index in [2.05, 4.69) is 27.4 Å². The molecule has 0 aromatic heterocycles. The standard InChI is InChI=1S/C7H18P/c1-5-8(4,6-2)7-3/h5-7H2,1-4H3/q+1/p+1. The fraction of sp³-hybridized carbons (Fsp3) is 1.00. The minimum atomic E-state index is -0.412. The second-order valence-electron chi connectivity index (χ2n) is 2.57. The average Bonchev–Trinajstić information content (AvgIpc) is 1.87. The zero-order chi connectivity index (χ0) is 6.62. The second-order valence-corrected chi connectivity index (χ2v) is 7.70. The molecule has 0 aliphatic rings. The third-order valence-corrected chi connectivity index (χ3v) is 6.87. The summed E-state index contributed by atoms with van der Waals surface area (Å²) in [6, 6.07) is 0. The van der Waals surface area contributed by atoms with Crippen LogP contribution in [0.4, 0.5) is 0 Å². The molecule has 0 aliphatic heterocycles. The molecule has 0 bridgehead atoms. The summed E-state index contributed by atoms with van der Waals surface area (Å²) in [5.41, 5.74) is 0. The Morgan fingerprint density at radius 2 is 1.25 bits per heavy atom. The largest absolute Gasteiger partial charge is 1.00 e. The lowest BCUT2D eigenvalue weighted by molar-refractivity contribution is 1.31. The predicted octanol–water partition coefficient (Wildman–Crippen LogP) is 2.81. The van der Waals surface area contributed by atoms with Crippen LogP contribution in [0.2, 0.25) is 0 Å². The van der Waals surface area contributed by atoms with Gasteiger partial charge in [-0.15, -0.1) is 0 Å². The van der Waals surface area contributed by atoms with Crippen molar-refractivity contribution >= 4 is 7.26 Å². The van der Waals surface area contributed by atoms with Gasteiger partial charge in [-0.2, -0.15) is 0 Å². The summed E-state index contributed by atoms with van der Waals surface area (Å²) in [5, 5.41) is 0. The molecule has 50 valence electrons. The van der Waals surface area contributed by atoms with Crippen LogP contribution in [0.1, 0.15) is 22.2 Å². The quantitative estimate of drug-likeness (QED) is 0.521. The van der Waals surface area contributed by atoms with Crippen LogP contribution in [0.5, 0.6) is 0 Å². The first-order chi connectivity index (χ1) is 3.68. The molecule has 0 radical (unpaired) electrons. The van der Waals surface area contributed by atoms with Gasteiger partial charge in [0.05, 0.1) is 18.5 Å². The Morgan fingerprint density at radius 1 is 1.00 bits per heavy atom. The van der Waals surface area contributed by atoms with Crippen LogP contribution in [0.25, 0.3) is 0 Å². The lowest BCUT2D eigenvalue weighted by Gasteiger charge is -2.16. The molecule has 0 N–H and O–H groups in total. The number of hydrogen-bond acceptors (Lipinski definition) is 0. The van der Waals surface area contributed by atoms with Gasteiger partial charge in [0, 0.05) is 13.9 Å². The van der Waals surface area contributed by atoms with Crippen molar-refractivity contribution in [3.8, 4) is 0 Å². The van der Waals surface area contributed by atoms with E-state index in [1.165, 1.54) is 18.5 Å². The van der Waals surface area contributed by atoms with Crippen molar-refractivity contribution in [3.63, 3.8) is 0 Å². The lowest BCUT2D eigenvalue weighted by atomic mass is 10.9. The van der Waals surface area contributed by atoms with E-state index in [0.29, 0.717) is 0 Å². The summed E-state index contributed by atoms with van der Waals surface area (Å²) >= 11 is 0. The van der Waals surface area contributed by atoms with Crippen LogP contribution in [-0.2, 0) is 0 Å². The fourth-order valence-electron chi connectivity index (χ4n) is 0.671. The van der Waals surface area contributed by atoms with Gasteiger partial charge in [0.25, 0.3) is 0 Å². The maximum absolute atomic E-state index is 2.47. The Bertz CT molecular complexity index is 51.7. The molecular formula is C7H19P+2. The highest BCUT2D eigenvalue weighted by Crippen LogP contribution is 2.53. The van der Waals surface area contributed by atoms with E-state index in [0.717, 1.165) is 0 Å². The van der Waals surface area contributed by atoms with Gasteiger partial charge in [-0.05, 0) is 20.8 Å². The monoisotopic (exact) mass is 134 g/mol. The van der Waals surface area contributed by atoms with E-state index < -0.39 is 7.26 Å². The Morgan fingerprint density at radius 3 is 1.25 bits per heavy atom. The summed E-state index contributed by atoms with van der Waals surface area (Å²) < 4.78 is 0. The van der Waals surface area contributed by atoms with Crippen LogP contribution in [0.3, 0.4) is 0 Å². The molecule has 0 fully saturated rings. The lowest BCUT2D eigenvalue weighted by Crippen LogP contribution is -1.98. The van der Waals surface area contributed by atoms with Crippen molar-refractivity contribution in [1.29, 1.82) is 0 Å². The van der Waals surface area contributed by atoms with Crippen molar-refractivity contribution in [2.75, 3.05) is 25.2 Å². The van der Waals surface area contributed by atoms with Crippen molar-refractivity contribution in [2.45, 2.75) is 20.8 Å². The van der Waals surface area contributed by atoms with Gasteiger partial charge in [-0.3, -0.25) is 0 Å². The van der Waals surface area contributed by atoms with Crippen molar-refractivity contribution in [3.05, 3.63) is 0 Å². The summed E-state index contributed by atoms with van der Waals surface area (Å²) in [6.45, 7) is 9.43. The van der Waals surface area contributed by atoms with Crippen molar-refractivity contribution in [2.24, 2.45) is 0 Å². The average molecular weight is 134 g/mol. The SMILES string of the molecule is CC[P+](C)(CC)CC.[H+]. The first-order valence-corrected chi connectivity index (χ1v) is 6.31. The number of hydrogen-bond donors (Lipinski definition) is 0. The van der Waals surface area contributed by atoms with E-state index in [1.54, 1.807) is 0 Å². The van der Waals surface area contributed by atoms with Gasteiger partial charge in [-0.25, -0.2) is 0 Å². The molecule has 8 heavy (non-hydrogen) atoms. The Hall–Kier alpha value is 0.430. The van der Waals surface area contributed by atoms with Crippen LogP contribution < -0.4 is 0 Å². The molecule has 0 amide bonds. The second kappa shape index (κ2) is 3.45. The third-order valence-electron chi connectivity index (χ3n) is 2.29. The molecule has 0 unspecified atom stereocenters. The Kier molecular flexibility index (Phi) is 3.64. The van der Waals surface area contributed by atoms with Gasteiger partial charge < -0.3 is 0 Å². The summed E-state index contributed by atoms with van der Waals surface area (Å²) in [7, 11) is -0.412. The third kappa shape index (κ3) is 2.13. The van der Waals surface area contributed by atoms with E-state index in [-0.39, 0.29) is 1.43 Å². The minimum absolute atomic E-state index is 0. The zero-order valence-electron chi connectivity index (χ0n) is 7.57. The van der Waals surface area contributed by atoms with Gasteiger partial charge in [0.1, 0.15) is 0 Å². The topological polar surface area (TPSA) is 0 Å². The summed E-state index contributed by atoms with van der Waals surface area (Å²) in [6.07, 6.45) is 4.29. The molecule has 0 spiro atoms. The molecule has 0 aromatic rings. The Balaban J connectivity index is 0.